The molecule has 1 aromatic heterocycles. The highest BCUT2D eigenvalue weighted by Crippen LogP contribution is 2.36. The van der Waals surface area contributed by atoms with E-state index in [0.717, 1.165) is 5.46 Å². The SMILES string of the molecule is C[C@@H]1CN(C(=O)c2ccccc2)CCN1C(=O)C(=O)c1c[nH]c2c(NC(=O)Nc3ccc(B4OC(C)(C)C(C)(C)O4)cc3)cccc12. The largest absolute Gasteiger partial charge is 0.494 e. The number of urea groups is 1. The monoisotopic (exact) mass is 635 g/mol. The number of hydrogen-bond acceptors (Lipinski definition) is 6. The first-order chi connectivity index (χ1) is 22.3. The van der Waals surface area contributed by atoms with Crippen molar-refractivity contribution in [3.63, 3.8) is 0 Å². The molecule has 1 atom stereocenters. The molecule has 47 heavy (non-hydrogen) atoms. The van der Waals surface area contributed by atoms with Gasteiger partial charge in [0, 0.05) is 48.5 Å². The molecule has 0 unspecified atom stereocenters. The van der Waals surface area contributed by atoms with Gasteiger partial charge in [-0.15, -0.1) is 0 Å². The Morgan fingerprint density at radius 1 is 0.851 bits per heavy atom. The minimum absolute atomic E-state index is 0.102. The number of carbonyl (C=O) groups is 4. The van der Waals surface area contributed by atoms with E-state index in [1.54, 1.807) is 47.4 Å². The Bertz CT molecular complexity index is 1820. The number of rotatable bonds is 6. The van der Waals surface area contributed by atoms with Crippen LogP contribution in [0.2, 0.25) is 0 Å². The molecule has 11 nitrogen and oxygen atoms in total. The molecule has 12 heteroatoms. The number of Topliss-reactive ketones (excluding diaryl/α,β-unsaturated/α-hetero) is 1. The highest BCUT2D eigenvalue weighted by Gasteiger charge is 2.51. The molecule has 2 aliphatic heterocycles. The van der Waals surface area contributed by atoms with Crippen molar-refractivity contribution in [3.05, 3.63) is 90.1 Å². The van der Waals surface area contributed by atoms with Gasteiger partial charge >= 0.3 is 13.1 Å². The molecule has 3 aromatic carbocycles. The van der Waals surface area contributed by atoms with Crippen LogP contribution in [0.1, 0.15) is 55.3 Å². The first kappa shape index (κ1) is 32.0. The first-order valence-electron chi connectivity index (χ1n) is 15.7. The average molecular weight is 636 g/mol. The third-order valence-electron chi connectivity index (χ3n) is 9.29. The van der Waals surface area contributed by atoms with E-state index < -0.39 is 36.0 Å². The number of H-pyrrole nitrogens is 1. The molecule has 0 bridgehead atoms. The van der Waals surface area contributed by atoms with E-state index in [0.29, 0.717) is 40.9 Å². The highest BCUT2D eigenvalue weighted by molar-refractivity contribution is 6.62. The quantitative estimate of drug-likeness (QED) is 0.160. The standard InChI is InChI=1S/C35H38BN5O6/c1-22-21-40(31(43)23-10-7-6-8-11-23)18-19-41(22)32(44)30(42)27-20-37-29-26(27)12-9-13-28(29)39-33(45)38-25-16-14-24(15-17-25)36-46-34(2,3)35(4,5)47-36/h6-17,20,22,37H,18-19,21H2,1-5H3,(H2,38,39,45)/t22-/m1/s1. The van der Waals surface area contributed by atoms with E-state index in [4.69, 9.17) is 9.31 Å². The van der Waals surface area contributed by atoms with E-state index in [1.165, 1.54) is 11.1 Å². The number of aromatic amines is 1. The van der Waals surface area contributed by atoms with Crippen LogP contribution in [0.3, 0.4) is 0 Å². The summed E-state index contributed by atoms with van der Waals surface area (Å²) < 4.78 is 12.2. The van der Waals surface area contributed by atoms with Gasteiger partial charge in [-0.25, -0.2) is 4.79 Å². The summed E-state index contributed by atoms with van der Waals surface area (Å²) in [5, 5.41) is 6.16. The first-order valence-corrected chi connectivity index (χ1v) is 15.7. The Labute approximate surface area is 273 Å². The normalized spacial score (nSPS) is 18.7. The second kappa shape index (κ2) is 12.3. The number of para-hydroxylation sites is 1. The van der Waals surface area contributed by atoms with Crippen molar-refractivity contribution in [2.75, 3.05) is 30.3 Å². The topological polar surface area (TPSA) is 133 Å². The van der Waals surface area contributed by atoms with Crippen LogP contribution in [-0.2, 0) is 14.1 Å². The molecule has 6 rings (SSSR count). The summed E-state index contributed by atoms with van der Waals surface area (Å²) in [5.41, 5.74) is 2.26. The predicted octanol–water partition coefficient (Wildman–Crippen LogP) is 4.67. The van der Waals surface area contributed by atoms with Crippen LogP contribution in [0.25, 0.3) is 10.9 Å². The average Bonchev–Trinajstić information content (AvgIpc) is 3.58. The number of nitrogens with one attached hydrogen (secondary N) is 3. The number of fused-ring (bicyclic) bond motifs is 1. The van der Waals surface area contributed by atoms with Crippen molar-refractivity contribution in [1.29, 1.82) is 0 Å². The summed E-state index contributed by atoms with van der Waals surface area (Å²) in [5.74, 6) is -1.39. The van der Waals surface area contributed by atoms with Crippen molar-refractivity contribution in [3.8, 4) is 0 Å². The maximum Gasteiger partial charge on any atom is 0.494 e. The van der Waals surface area contributed by atoms with E-state index in [1.807, 2.05) is 65.0 Å². The second-order valence-corrected chi connectivity index (χ2v) is 13.0. The smallest absolute Gasteiger partial charge is 0.399 e. The molecular formula is C35H38BN5O6. The Hall–Kier alpha value is -4.94. The van der Waals surface area contributed by atoms with Crippen LogP contribution >= 0.6 is 0 Å². The zero-order valence-corrected chi connectivity index (χ0v) is 27.1. The lowest BCUT2D eigenvalue weighted by molar-refractivity contribution is -0.130. The fraction of sp³-hybridized carbons (Fsp3) is 0.314. The third kappa shape index (κ3) is 6.26. The molecule has 0 spiro atoms. The number of piperazine rings is 1. The Kier molecular flexibility index (Phi) is 8.41. The number of nitrogens with zero attached hydrogens (tertiary/aromatic N) is 2. The van der Waals surface area contributed by atoms with Crippen LogP contribution in [0.4, 0.5) is 16.2 Å². The second-order valence-electron chi connectivity index (χ2n) is 13.0. The lowest BCUT2D eigenvalue weighted by Gasteiger charge is -2.39. The number of benzene rings is 3. The molecule has 242 valence electrons. The Morgan fingerprint density at radius 3 is 2.19 bits per heavy atom. The maximum absolute atomic E-state index is 13.5. The molecule has 0 radical (unpaired) electrons. The molecule has 2 saturated heterocycles. The molecule has 3 N–H and O–H groups in total. The molecule has 2 fully saturated rings. The van der Waals surface area contributed by atoms with Crippen molar-refractivity contribution < 1.29 is 28.5 Å². The minimum Gasteiger partial charge on any atom is -0.399 e. The van der Waals surface area contributed by atoms with E-state index >= 15 is 0 Å². The van der Waals surface area contributed by atoms with Gasteiger partial charge in [0.2, 0.25) is 0 Å². The number of carbonyl (C=O) groups excluding carboxylic acids is 4. The summed E-state index contributed by atoms with van der Waals surface area (Å²) >= 11 is 0. The molecule has 0 aliphatic carbocycles. The van der Waals surface area contributed by atoms with Crippen molar-refractivity contribution in [1.82, 2.24) is 14.8 Å². The van der Waals surface area contributed by atoms with Crippen LogP contribution in [0, 0.1) is 0 Å². The summed E-state index contributed by atoms with van der Waals surface area (Å²) in [7, 11) is -0.506. The van der Waals surface area contributed by atoms with Gasteiger partial charge in [-0.2, -0.15) is 0 Å². The Morgan fingerprint density at radius 2 is 1.53 bits per heavy atom. The van der Waals surface area contributed by atoms with Gasteiger partial charge in [0.15, 0.2) is 0 Å². The van der Waals surface area contributed by atoms with Crippen LogP contribution in [0.15, 0.2) is 79.0 Å². The molecule has 4 amide bonds. The van der Waals surface area contributed by atoms with Crippen molar-refractivity contribution >= 4 is 58.5 Å². The van der Waals surface area contributed by atoms with Gasteiger partial charge in [0.1, 0.15) is 0 Å². The summed E-state index contributed by atoms with van der Waals surface area (Å²) in [4.78, 5) is 59.0. The number of anilines is 2. The van der Waals surface area contributed by atoms with E-state index in [9.17, 15) is 19.2 Å². The summed E-state index contributed by atoms with van der Waals surface area (Å²) in [6.45, 7) is 10.7. The zero-order valence-electron chi connectivity index (χ0n) is 27.1. The molecule has 3 heterocycles. The number of ketones is 1. The summed E-state index contributed by atoms with van der Waals surface area (Å²) in [6.07, 6.45) is 1.49. The Balaban J connectivity index is 1.09. The zero-order chi connectivity index (χ0) is 33.5. The lowest BCUT2D eigenvalue weighted by atomic mass is 9.79. The van der Waals surface area contributed by atoms with Gasteiger partial charge in [0.25, 0.3) is 17.6 Å². The van der Waals surface area contributed by atoms with Gasteiger partial charge in [0.05, 0.1) is 28.0 Å². The van der Waals surface area contributed by atoms with E-state index in [2.05, 4.69) is 15.6 Å². The maximum atomic E-state index is 13.5. The van der Waals surface area contributed by atoms with Crippen molar-refractivity contribution in [2.24, 2.45) is 0 Å². The van der Waals surface area contributed by atoms with Gasteiger partial charge in [-0.05, 0) is 70.4 Å². The fourth-order valence-corrected chi connectivity index (χ4v) is 5.89. The number of amides is 4. The lowest BCUT2D eigenvalue weighted by Crippen LogP contribution is -2.56. The number of aromatic nitrogens is 1. The van der Waals surface area contributed by atoms with Gasteiger partial charge in [-0.1, -0.05) is 42.5 Å². The number of hydrogen-bond donors (Lipinski definition) is 3. The van der Waals surface area contributed by atoms with E-state index in [-0.39, 0.29) is 24.1 Å². The molecule has 2 aliphatic rings. The van der Waals surface area contributed by atoms with Gasteiger partial charge in [-0.3, -0.25) is 14.4 Å². The van der Waals surface area contributed by atoms with Crippen LogP contribution in [0.5, 0.6) is 0 Å². The molecule has 4 aromatic rings. The van der Waals surface area contributed by atoms with Crippen molar-refractivity contribution in [2.45, 2.75) is 51.9 Å². The summed E-state index contributed by atoms with van der Waals surface area (Å²) in [6, 6.07) is 20.6. The predicted molar refractivity (Wildman–Crippen MR) is 181 cm³/mol. The van der Waals surface area contributed by atoms with Gasteiger partial charge < -0.3 is 34.7 Å². The molecule has 0 saturated carbocycles. The van der Waals surface area contributed by atoms with Crippen LogP contribution in [-0.4, -0.2) is 82.4 Å². The molecular weight excluding hydrogens is 597 g/mol. The third-order valence-corrected chi connectivity index (χ3v) is 9.29. The van der Waals surface area contributed by atoms with Crippen LogP contribution < -0.4 is 16.1 Å². The fourth-order valence-electron chi connectivity index (χ4n) is 5.89. The highest BCUT2D eigenvalue weighted by atomic mass is 16.7. The minimum atomic E-state index is -0.658.